The molecule has 1 heterocycles. The molecule has 0 saturated heterocycles. The molecule has 1 aromatic carbocycles. The second-order valence-corrected chi connectivity index (χ2v) is 4.28. The molecular formula is C14H14F3N3O. The van der Waals surface area contributed by atoms with E-state index >= 15 is 0 Å². The maximum absolute atomic E-state index is 12.1. The monoisotopic (exact) mass is 297 g/mol. The van der Waals surface area contributed by atoms with Crippen LogP contribution >= 0.6 is 0 Å². The van der Waals surface area contributed by atoms with E-state index < -0.39 is 6.36 Å². The van der Waals surface area contributed by atoms with Crippen LogP contribution in [0.2, 0.25) is 0 Å². The van der Waals surface area contributed by atoms with Crippen molar-refractivity contribution >= 4 is 5.69 Å². The van der Waals surface area contributed by atoms with Crippen molar-refractivity contribution in [2.45, 2.75) is 19.7 Å². The van der Waals surface area contributed by atoms with Gasteiger partial charge in [-0.1, -0.05) is 6.92 Å². The zero-order chi connectivity index (χ0) is 15.3. The van der Waals surface area contributed by atoms with E-state index in [2.05, 4.69) is 20.0 Å². The van der Waals surface area contributed by atoms with Gasteiger partial charge in [-0.2, -0.15) is 0 Å². The molecule has 0 radical (unpaired) electrons. The molecule has 0 aliphatic rings. The molecule has 1 N–H and O–H groups in total. The highest BCUT2D eigenvalue weighted by Gasteiger charge is 2.30. The summed E-state index contributed by atoms with van der Waals surface area (Å²) in [5.41, 5.74) is 2.06. The minimum atomic E-state index is -4.69. The SMILES string of the molecule is CCCNc1cncnc1-c1ccc(OC(F)(F)F)cc1. The summed E-state index contributed by atoms with van der Waals surface area (Å²) < 4.78 is 40.2. The maximum Gasteiger partial charge on any atom is 0.573 e. The second-order valence-electron chi connectivity index (χ2n) is 4.28. The van der Waals surface area contributed by atoms with E-state index in [0.29, 0.717) is 11.3 Å². The fourth-order valence-corrected chi connectivity index (χ4v) is 1.76. The van der Waals surface area contributed by atoms with Crippen molar-refractivity contribution in [3.8, 4) is 17.0 Å². The summed E-state index contributed by atoms with van der Waals surface area (Å²) >= 11 is 0. The summed E-state index contributed by atoms with van der Waals surface area (Å²) in [6, 6.07) is 5.57. The number of nitrogens with zero attached hydrogens (tertiary/aromatic N) is 2. The number of halogens is 3. The highest BCUT2D eigenvalue weighted by molar-refractivity contribution is 5.73. The predicted octanol–water partition coefficient (Wildman–Crippen LogP) is 3.86. The number of hydrogen-bond acceptors (Lipinski definition) is 4. The van der Waals surface area contributed by atoms with Gasteiger partial charge in [-0.25, -0.2) is 9.97 Å². The minimum Gasteiger partial charge on any atom is -0.406 e. The Labute approximate surface area is 120 Å². The number of aromatic nitrogens is 2. The molecular weight excluding hydrogens is 283 g/mol. The van der Waals surface area contributed by atoms with Crippen LogP contribution in [-0.2, 0) is 0 Å². The Morgan fingerprint density at radius 1 is 1.19 bits per heavy atom. The highest BCUT2D eigenvalue weighted by Crippen LogP contribution is 2.28. The summed E-state index contributed by atoms with van der Waals surface area (Å²) in [5.74, 6) is -0.261. The largest absolute Gasteiger partial charge is 0.573 e. The van der Waals surface area contributed by atoms with E-state index in [-0.39, 0.29) is 5.75 Å². The Bertz CT molecular complexity index is 585. The van der Waals surface area contributed by atoms with Crippen LogP contribution < -0.4 is 10.1 Å². The van der Waals surface area contributed by atoms with E-state index in [1.54, 1.807) is 6.20 Å². The molecule has 1 aromatic heterocycles. The summed E-state index contributed by atoms with van der Waals surface area (Å²) in [6.07, 6.45) is -0.721. The number of nitrogens with one attached hydrogen (secondary N) is 1. The van der Waals surface area contributed by atoms with Gasteiger partial charge < -0.3 is 10.1 Å². The summed E-state index contributed by atoms with van der Waals surface area (Å²) in [6.45, 7) is 2.79. The van der Waals surface area contributed by atoms with Crippen molar-refractivity contribution in [3.05, 3.63) is 36.8 Å². The van der Waals surface area contributed by atoms with Crippen LogP contribution in [0.15, 0.2) is 36.8 Å². The van der Waals surface area contributed by atoms with E-state index in [1.807, 2.05) is 6.92 Å². The molecule has 0 amide bonds. The lowest BCUT2D eigenvalue weighted by atomic mass is 10.1. The molecule has 0 unspecified atom stereocenters. The molecule has 2 rings (SSSR count). The number of rotatable bonds is 5. The lowest BCUT2D eigenvalue weighted by Gasteiger charge is -2.11. The van der Waals surface area contributed by atoms with Gasteiger partial charge in [0.15, 0.2) is 0 Å². The van der Waals surface area contributed by atoms with Gasteiger partial charge in [-0.15, -0.1) is 13.2 Å². The molecule has 0 aliphatic carbocycles. The third-order valence-corrected chi connectivity index (χ3v) is 2.64. The van der Waals surface area contributed by atoms with E-state index in [1.165, 1.54) is 30.6 Å². The van der Waals surface area contributed by atoms with Gasteiger partial charge in [0, 0.05) is 12.1 Å². The van der Waals surface area contributed by atoms with Crippen LogP contribution in [0.4, 0.5) is 18.9 Å². The second kappa shape index (κ2) is 6.43. The fourth-order valence-electron chi connectivity index (χ4n) is 1.76. The maximum atomic E-state index is 12.1. The lowest BCUT2D eigenvalue weighted by Crippen LogP contribution is -2.16. The van der Waals surface area contributed by atoms with E-state index in [0.717, 1.165) is 18.7 Å². The molecule has 0 spiro atoms. The van der Waals surface area contributed by atoms with Gasteiger partial charge >= 0.3 is 6.36 Å². The van der Waals surface area contributed by atoms with Crippen molar-refractivity contribution in [1.82, 2.24) is 9.97 Å². The average molecular weight is 297 g/mol. The van der Waals surface area contributed by atoms with Crippen molar-refractivity contribution in [1.29, 1.82) is 0 Å². The topological polar surface area (TPSA) is 47.0 Å². The number of ether oxygens (including phenoxy) is 1. The molecule has 0 aliphatic heterocycles. The third-order valence-electron chi connectivity index (χ3n) is 2.64. The van der Waals surface area contributed by atoms with E-state index in [4.69, 9.17) is 0 Å². The molecule has 0 atom stereocenters. The summed E-state index contributed by atoms with van der Waals surface area (Å²) in [5, 5.41) is 3.18. The lowest BCUT2D eigenvalue weighted by molar-refractivity contribution is -0.274. The van der Waals surface area contributed by atoms with Gasteiger partial charge in [0.25, 0.3) is 0 Å². The zero-order valence-corrected chi connectivity index (χ0v) is 11.3. The smallest absolute Gasteiger partial charge is 0.406 e. The van der Waals surface area contributed by atoms with E-state index in [9.17, 15) is 13.2 Å². The number of alkyl halides is 3. The number of anilines is 1. The first kappa shape index (κ1) is 15.1. The van der Waals surface area contributed by atoms with Crippen LogP contribution in [0, 0.1) is 0 Å². The summed E-state index contributed by atoms with van der Waals surface area (Å²) in [7, 11) is 0. The van der Waals surface area contributed by atoms with Gasteiger partial charge in [0.2, 0.25) is 0 Å². The van der Waals surface area contributed by atoms with Crippen molar-refractivity contribution < 1.29 is 17.9 Å². The molecule has 2 aromatic rings. The van der Waals surface area contributed by atoms with Crippen LogP contribution in [0.1, 0.15) is 13.3 Å². The van der Waals surface area contributed by atoms with Gasteiger partial charge in [0.1, 0.15) is 12.1 Å². The molecule has 0 fully saturated rings. The van der Waals surface area contributed by atoms with Crippen molar-refractivity contribution in [3.63, 3.8) is 0 Å². The van der Waals surface area contributed by atoms with Crippen molar-refractivity contribution in [2.75, 3.05) is 11.9 Å². The Morgan fingerprint density at radius 2 is 1.90 bits per heavy atom. The highest BCUT2D eigenvalue weighted by atomic mass is 19.4. The van der Waals surface area contributed by atoms with Crippen LogP contribution in [0.25, 0.3) is 11.3 Å². The Kier molecular flexibility index (Phi) is 4.62. The average Bonchev–Trinajstić information content (AvgIpc) is 2.45. The first-order valence-electron chi connectivity index (χ1n) is 6.39. The molecule has 4 nitrogen and oxygen atoms in total. The minimum absolute atomic E-state index is 0.261. The number of benzene rings is 1. The molecule has 0 bridgehead atoms. The van der Waals surface area contributed by atoms with Crippen LogP contribution in [0.3, 0.4) is 0 Å². The Hall–Kier alpha value is -2.31. The van der Waals surface area contributed by atoms with Gasteiger partial charge in [-0.05, 0) is 30.7 Å². The Morgan fingerprint density at radius 3 is 2.52 bits per heavy atom. The molecule has 112 valence electrons. The molecule has 7 heteroatoms. The fraction of sp³-hybridized carbons (Fsp3) is 0.286. The third kappa shape index (κ3) is 4.34. The zero-order valence-electron chi connectivity index (χ0n) is 11.3. The quantitative estimate of drug-likeness (QED) is 0.910. The standard InChI is InChI=1S/C14H14F3N3O/c1-2-7-19-12-8-18-9-20-13(12)10-3-5-11(6-4-10)21-14(15,16)17/h3-6,8-9,19H,2,7H2,1H3. The first-order chi connectivity index (χ1) is 9.99. The molecule has 21 heavy (non-hydrogen) atoms. The van der Waals surface area contributed by atoms with Gasteiger partial charge in [0.05, 0.1) is 17.6 Å². The van der Waals surface area contributed by atoms with Crippen LogP contribution in [0.5, 0.6) is 5.75 Å². The summed E-state index contributed by atoms with van der Waals surface area (Å²) in [4.78, 5) is 8.11. The molecule has 0 saturated carbocycles. The van der Waals surface area contributed by atoms with Crippen LogP contribution in [-0.4, -0.2) is 22.9 Å². The Balaban J connectivity index is 2.22. The number of hydrogen-bond donors (Lipinski definition) is 1. The van der Waals surface area contributed by atoms with Gasteiger partial charge in [-0.3, -0.25) is 0 Å². The normalized spacial score (nSPS) is 11.2. The van der Waals surface area contributed by atoms with Crippen molar-refractivity contribution in [2.24, 2.45) is 0 Å². The first-order valence-corrected chi connectivity index (χ1v) is 6.39. The predicted molar refractivity (Wildman–Crippen MR) is 72.9 cm³/mol.